The Labute approximate surface area is 123 Å². The maximum atomic E-state index is 11.4. The van der Waals surface area contributed by atoms with Crippen LogP contribution in [0.1, 0.15) is 29.3 Å². The number of carbonyl (C=O) groups is 1. The Morgan fingerprint density at radius 1 is 1.33 bits per heavy atom. The van der Waals surface area contributed by atoms with Gasteiger partial charge in [0.25, 0.3) is 5.91 Å². The van der Waals surface area contributed by atoms with E-state index in [1.807, 2.05) is 0 Å². The van der Waals surface area contributed by atoms with Gasteiger partial charge in [0.15, 0.2) is 0 Å². The molecule has 2 aromatic rings. The van der Waals surface area contributed by atoms with E-state index in [0.717, 1.165) is 24.2 Å². The molecular formula is C15H18N4O2. The molecule has 0 radical (unpaired) electrons. The number of nitrogens with two attached hydrogens (primary N) is 1. The fourth-order valence-electron chi connectivity index (χ4n) is 2.04. The molecule has 1 amide bonds. The second-order valence-electron chi connectivity index (χ2n) is 4.47. The van der Waals surface area contributed by atoms with E-state index in [2.05, 4.69) is 22.2 Å². The number of carbonyl (C=O) groups excluding carboxylic acids is 1. The van der Waals surface area contributed by atoms with Crippen LogP contribution >= 0.6 is 0 Å². The molecule has 0 aliphatic carbocycles. The minimum absolute atomic E-state index is 0.324. The Morgan fingerprint density at radius 2 is 2.10 bits per heavy atom. The van der Waals surface area contributed by atoms with Gasteiger partial charge in [-0.05, 0) is 18.6 Å². The van der Waals surface area contributed by atoms with Crippen molar-refractivity contribution in [2.24, 2.45) is 5.73 Å². The van der Waals surface area contributed by atoms with Crippen LogP contribution in [0.15, 0.2) is 30.6 Å². The highest BCUT2D eigenvalue weighted by Gasteiger charge is 2.15. The number of nitrogens with one attached hydrogen (secondary N) is 1. The van der Waals surface area contributed by atoms with E-state index < -0.39 is 5.91 Å². The van der Waals surface area contributed by atoms with Crippen molar-refractivity contribution in [2.75, 3.05) is 12.4 Å². The van der Waals surface area contributed by atoms with Gasteiger partial charge in [0.2, 0.25) is 5.88 Å². The van der Waals surface area contributed by atoms with Crippen molar-refractivity contribution in [2.45, 2.75) is 19.8 Å². The fourth-order valence-corrected chi connectivity index (χ4v) is 2.04. The molecule has 110 valence electrons. The molecule has 0 aliphatic heterocycles. The summed E-state index contributed by atoms with van der Waals surface area (Å²) in [6, 6.07) is 6.83. The van der Waals surface area contributed by atoms with Gasteiger partial charge in [-0.15, -0.1) is 0 Å². The topological polar surface area (TPSA) is 90.1 Å². The number of anilines is 1. The minimum Gasteiger partial charge on any atom is -0.438 e. The predicted octanol–water partition coefficient (Wildman–Crippen LogP) is 2.36. The molecule has 6 heteroatoms. The first-order chi connectivity index (χ1) is 10.2. The molecule has 2 rings (SSSR count). The van der Waals surface area contributed by atoms with Gasteiger partial charge in [0.05, 0.1) is 11.1 Å². The summed E-state index contributed by atoms with van der Waals surface area (Å²) in [5, 5.41) is 3.02. The van der Waals surface area contributed by atoms with Gasteiger partial charge in [-0.25, -0.2) is 9.97 Å². The van der Waals surface area contributed by atoms with Crippen molar-refractivity contribution >= 4 is 11.7 Å². The van der Waals surface area contributed by atoms with Crippen molar-refractivity contribution in [3.63, 3.8) is 0 Å². The van der Waals surface area contributed by atoms with Gasteiger partial charge >= 0.3 is 0 Å². The number of aromatic nitrogens is 2. The van der Waals surface area contributed by atoms with E-state index in [-0.39, 0.29) is 0 Å². The Bertz CT molecular complexity index is 643. The SMILES string of the molecule is CCCc1c(NC)ncnc1Oc1ccccc1C(N)=O. The summed E-state index contributed by atoms with van der Waals surface area (Å²) in [5.74, 6) is 1.01. The Balaban J connectivity index is 2.42. The van der Waals surface area contributed by atoms with Gasteiger partial charge in [0, 0.05) is 7.05 Å². The summed E-state index contributed by atoms with van der Waals surface area (Å²) in [6.07, 6.45) is 3.12. The smallest absolute Gasteiger partial charge is 0.252 e. The van der Waals surface area contributed by atoms with Gasteiger partial charge in [-0.1, -0.05) is 25.5 Å². The molecule has 0 saturated carbocycles. The number of hydrogen-bond acceptors (Lipinski definition) is 5. The minimum atomic E-state index is -0.537. The number of ether oxygens (including phenoxy) is 1. The molecule has 1 aromatic heterocycles. The van der Waals surface area contributed by atoms with E-state index in [4.69, 9.17) is 10.5 Å². The first kappa shape index (κ1) is 14.8. The molecule has 0 atom stereocenters. The standard InChI is InChI=1S/C15H18N4O2/c1-3-6-11-14(17-2)18-9-19-15(11)21-12-8-5-4-7-10(12)13(16)20/h4-5,7-9H,3,6H2,1-2H3,(H2,16,20)(H,17,18,19). The third kappa shape index (κ3) is 3.28. The van der Waals surface area contributed by atoms with Crippen molar-refractivity contribution in [1.82, 2.24) is 9.97 Å². The predicted molar refractivity (Wildman–Crippen MR) is 80.6 cm³/mol. The zero-order valence-corrected chi connectivity index (χ0v) is 12.1. The average Bonchev–Trinajstić information content (AvgIpc) is 2.49. The maximum absolute atomic E-state index is 11.4. The number of benzene rings is 1. The number of nitrogens with zero attached hydrogens (tertiary/aromatic N) is 2. The van der Waals surface area contributed by atoms with E-state index in [1.54, 1.807) is 31.3 Å². The molecule has 0 fully saturated rings. The van der Waals surface area contributed by atoms with Crippen molar-refractivity contribution in [1.29, 1.82) is 0 Å². The van der Waals surface area contributed by atoms with E-state index in [9.17, 15) is 4.79 Å². The molecule has 0 unspecified atom stereocenters. The summed E-state index contributed by atoms with van der Waals surface area (Å²) in [6.45, 7) is 2.06. The summed E-state index contributed by atoms with van der Waals surface area (Å²) in [5.41, 5.74) is 6.56. The normalized spacial score (nSPS) is 10.2. The Morgan fingerprint density at radius 3 is 2.76 bits per heavy atom. The molecule has 0 bridgehead atoms. The van der Waals surface area contributed by atoms with E-state index in [1.165, 1.54) is 6.33 Å². The molecule has 1 heterocycles. The van der Waals surface area contributed by atoms with Gasteiger partial charge in [-0.3, -0.25) is 4.79 Å². The number of primary amides is 1. The molecule has 0 aliphatic rings. The van der Waals surface area contributed by atoms with Crippen LogP contribution in [-0.2, 0) is 6.42 Å². The maximum Gasteiger partial charge on any atom is 0.252 e. The van der Waals surface area contributed by atoms with E-state index in [0.29, 0.717) is 17.2 Å². The van der Waals surface area contributed by atoms with Crippen molar-refractivity contribution < 1.29 is 9.53 Å². The van der Waals surface area contributed by atoms with Crippen LogP contribution in [0.25, 0.3) is 0 Å². The molecule has 3 N–H and O–H groups in total. The number of para-hydroxylation sites is 1. The zero-order chi connectivity index (χ0) is 15.2. The first-order valence-electron chi connectivity index (χ1n) is 6.75. The fraction of sp³-hybridized carbons (Fsp3) is 0.267. The second-order valence-corrected chi connectivity index (χ2v) is 4.47. The van der Waals surface area contributed by atoms with Crippen LogP contribution in [0, 0.1) is 0 Å². The summed E-state index contributed by atoms with van der Waals surface area (Å²) >= 11 is 0. The summed E-state index contributed by atoms with van der Waals surface area (Å²) < 4.78 is 5.81. The van der Waals surface area contributed by atoms with Crippen LogP contribution in [0.2, 0.25) is 0 Å². The summed E-state index contributed by atoms with van der Waals surface area (Å²) in [4.78, 5) is 19.8. The monoisotopic (exact) mass is 286 g/mol. The lowest BCUT2D eigenvalue weighted by atomic mass is 10.1. The largest absolute Gasteiger partial charge is 0.438 e. The molecular weight excluding hydrogens is 268 g/mol. The molecule has 1 aromatic carbocycles. The molecule has 0 saturated heterocycles. The van der Waals surface area contributed by atoms with Crippen LogP contribution in [0.4, 0.5) is 5.82 Å². The Kier molecular flexibility index (Phi) is 4.71. The van der Waals surface area contributed by atoms with Crippen LogP contribution in [-0.4, -0.2) is 22.9 Å². The molecule has 21 heavy (non-hydrogen) atoms. The van der Waals surface area contributed by atoms with E-state index >= 15 is 0 Å². The van der Waals surface area contributed by atoms with Crippen LogP contribution < -0.4 is 15.8 Å². The molecule has 0 spiro atoms. The third-order valence-electron chi connectivity index (χ3n) is 3.00. The number of rotatable bonds is 6. The second kappa shape index (κ2) is 6.69. The zero-order valence-electron chi connectivity index (χ0n) is 12.1. The van der Waals surface area contributed by atoms with Crippen molar-refractivity contribution in [3.8, 4) is 11.6 Å². The Hall–Kier alpha value is -2.63. The number of amides is 1. The summed E-state index contributed by atoms with van der Waals surface area (Å²) in [7, 11) is 1.79. The lowest BCUT2D eigenvalue weighted by Crippen LogP contribution is -2.12. The average molecular weight is 286 g/mol. The van der Waals surface area contributed by atoms with Crippen molar-refractivity contribution in [3.05, 3.63) is 41.7 Å². The lowest BCUT2D eigenvalue weighted by molar-refractivity contribution is 0.0998. The quantitative estimate of drug-likeness (QED) is 0.850. The van der Waals surface area contributed by atoms with Gasteiger partial charge in [-0.2, -0.15) is 0 Å². The molecule has 6 nitrogen and oxygen atoms in total. The highest BCUT2D eigenvalue weighted by Crippen LogP contribution is 2.29. The third-order valence-corrected chi connectivity index (χ3v) is 3.00. The lowest BCUT2D eigenvalue weighted by Gasteiger charge is -2.13. The van der Waals surface area contributed by atoms with Gasteiger partial charge < -0.3 is 15.8 Å². The van der Waals surface area contributed by atoms with Crippen LogP contribution in [0.3, 0.4) is 0 Å². The number of hydrogen-bond donors (Lipinski definition) is 2. The highest BCUT2D eigenvalue weighted by atomic mass is 16.5. The highest BCUT2D eigenvalue weighted by molar-refractivity contribution is 5.95. The van der Waals surface area contributed by atoms with Crippen LogP contribution in [0.5, 0.6) is 11.6 Å². The first-order valence-corrected chi connectivity index (χ1v) is 6.75. The van der Waals surface area contributed by atoms with Gasteiger partial charge in [0.1, 0.15) is 17.9 Å².